The van der Waals surface area contributed by atoms with E-state index in [9.17, 15) is 9.59 Å². The molecule has 0 radical (unpaired) electrons. The second kappa shape index (κ2) is 2.03. The van der Waals surface area contributed by atoms with E-state index in [2.05, 4.69) is 4.74 Å². The van der Waals surface area contributed by atoms with Crippen molar-refractivity contribution >= 4 is 33.5 Å². The molecular weight excluding hydrogens is 172 g/mol. The summed E-state index contributed by atoms with van der Waals surface area (Å²) in [5.74, 6) is -0.336. The molecule has 0 aromatic rings. The maximum Gasteiger partial charge on any atom is 0.353 e. The number of hydrogen-bond donors (Lipinski definition) is 0. The minimum atomic E-state index is -0.477. The smallest absolute Gasteiger partial charge is 0.353 e. The second-order valence-electron chi connectivity index (χ2n) is 1.83. The van der Waals surface area contributed by atoms with Gasteiger partial charge in [-0.3, -0.25) is 0 Å². The van der Waals surface area contributed by atoms with Crippen LogP contribution in [0.4, 0.5) is 0 Å². The molecule has 2 heterocycles. The fourth-order valence-corrected chi connectivity index (χ4v) is 3.17. The van der Waals surface area contributed by atoms with Crippen molar-refractivity contribution in [1.82, 2.24) is 0 Å². The van der Waals surface area contributed by atoms with Crippen molar-refractivity contribution in [3.8, 4) is 0 Å². The lowest BCUT2D eigenvalue weighted by atomic mass is 10.3. The van der Waals surface area contributed by atoms with E-state index in [1.165, 1.54) is 21.6 Å². The zero-order valence-corrected chi connectivity index (χ0v) is 6.38. The summed E-state index contributed by atoms with van der Waals surface area (Å²) in [7, 11) is 2.82. The summed E-state index contributed by atoms with van der Waals surface area (Å²) >= 11 is 0. The van der Waals surface area contributed by atoms with E-state index in [0.717, 1.165) is 0 Å². The first-order valence-corrected chi connectivity index (χ1v) is 4.90. The van der Waals surface area contributed by atoms with Crippen molar-refractivity contribution in [3.63, 3.8) is 0 Å². The third-order valence-corrected chi connectivity index (χ3v) is 3.55. The predicted octanol–water partition coefficient (Wildman–Crippen LogP) is 0.719. The Morgan fingerprint density at radius 1 is 1.30 bits per heavy atom. The predicted molar refractivity (Wildman–Crippen MR) is 38.2 cm³/mol. The largest absolute Gasteiger partial charge is 0.385 e. The molecule has 0 unspecified atom stereocenters. The molecule has 10 heavy (non-hydrogen) atoms. The van der Waals surface area contributed by atoms with Gasteiger partial charge in [-0.2, -0.15) is 0 Å². The molecule has 0 aromatic carbocycles. The molecule has 0 amide bonds. The number of rotatable bonds is 0. The Morgan fingerprint density at radius 2 is 2.10 bits per heavy atom. The summed E-state index contributed by atoms with van der Waals surface area (Å²) in [5, 5.41) is 0. The first-order chi connectivity index (χ1) is 4.79. The van der Waals surface area contributed by atoms with Gasteiger partial charge >= 0.3 is 11.9 Å². The number of cyclic esters (lactones) is 2. The standard InChI is InChI=1S/C5H2O3S2/c6-4-2-1-9-10-3(2)5(7)8-4/h1H2. The first-order valence-electron chi connectivity index (χ1n) is 2.58. The second-order valence-corrected chi connectivity index (χ2v) is 4.14. The molecule has 0 saturated heterocycles. The zero-order valence-electron chi connectivity index (χ0n) is 4.75. The van der Waals surface area contributed by atoms with E-state index in [0.29, 0.717) is 16.2 Å². The summed E-state index contributed by atoms with van der Waals surface area (Å²) in [6.45, 7) is 0. The zero-order chi connectivity index (χ0) is 7.14. The molecule has 0 aromatic heterocycles. The number of ether oxygens (including phenoxy) is 1. The molecule has 0 saturated carbocycles. The summed E-state index contributed by atoms with van der Waals surface area (Å²) in [5.41, 5.74) is 0.542. The molecule has 2 aliphatic heterocycles. The molecule has 3 nitrogen and oxygen atoms in total. The number of hydrogen-bond acceptors (Lipinski definition) is 5. The Kier molecular flexibility index (Phi) is 1.28. The Bertz CT molecular complexity index is 232. The average Bonchev–Trinajstić information content (AvgIpc) is 2.39. The Labute approximate surface area is 64.6 Å². The molecular formula is C5H2O3S2. The van der Waals surface area contributed by atoms with Gasteiger partial charge in [0.05, 0.1) is 5.57 Å². The van der Waals surface area contributed by atoms with Crippen LogP contribution >= 0.6 is 21.6 Å². The van der Waals surface area contributed by atoms with Crippen molar-refractivity contribution in [3.05, 3.63) is 10.5 Å². The number of carbonyl (C=O) groups is 2. The van der Waals surface area contributed by atoms with Gasteiger partial charge in [-0.25, -0.2) is 9.59 Å². The minimum Gasteiger partial charge on any atom is -0.385 e. The SMILES string of the molecule is O=C1OC(=O)C2=C1CSS2. The van der Waals surface area contributed by atoms with Crippen molar-refractivity contribution in [2.24, 2.45) is 0 Å². The monoisotopic (exact) mass is 174 g/mol. The Balaban J connectivity index is 2.45. The van der Waals surface area contributed by atoms with Crippen molar-refractivity contribution < 1.29 is 14.3 Å². The first kappa shape index (κ1) is 6.30. The lowest BCUT2D eigenvalue weighted by Crippen LogP contribution is -2.03. The highest BCUT2D eigenvalue weighted by Gasteiger charge is 2.37. The average molecular weight is 174 g/mol. The van der Waals surface area contributed by atoms with Crippen molar-refractivity contribution in [2.75, 3.05) is 5.75 Å². The summed E-state index contributed by atoms with van der Waals surface area (Å²) in [4.78, 5) is 22.0. The van der Waals surface area contributed by atoms with Crippen LogP contribution in [0.5, 0.6) is 0 Å². The third kappa shape index (κ3) is 0.705. The molecule has 0 N–H and O–H groups in total. The molecule has 0 fully saturated rings. The van der Waals surface area contributed by atoms with Gasteiger partial charge < -0.3 is 4.74 Å². The Hall–Kier alpha value is -0.420. The molecule has 2 aliphatic rings. The van der Waals surface area contributed by atoms with Gasteiger partial charge in [0.25, 0.3) is 0 Å². The van der Waals surface area contributed by atoms with Crippen LogP contribution < -0.4 is 0 Å². The topological polar surface area (TPSA) is 43.4 Å². The van der Waals surface area contributed by atoms with E-state index in [-0.39, 0.29) is 0 Å². The van der Waals surface area contributed by atoms with Crippen LogP contribution in [0.25, 0.3) is 0 Å². The summed E-state index contributed by atoms with van der Waals surface area (Å²) in [6.07, 6.45) is 0. The van der Waals surface area contributed by atoms with E-state index >= 15 is 0 Å². The van der Waals surface area contributed by atoms with Crippen LogP contribution in [0, 0.1) is 0 Å². The highest BCUT2D eigenvalue weighted by atomic mass is 33.1. The highest BCUT2D eigenvalue weighted by Crippen LogP contribution is 2.44. The lowest BCUT2D eigenvalue weighted by Gasteiger charge is -1.92. The van der Waals surface area contributed by atoms with E-state index < -0.39 is 11.9 Å². The summed E-state index contributed by atoms with van der Waals surface area (Å²) in [6, 6.07) is 0. The van der Waals surface area contributed by atoms with E-state index in [4.69, 9.17) is 0 Å². The fourth-order valence-electron chi connectivity index (χ4n) is 0.764. The van der Waals surface area contributed by atoms with Gasteiger partial charge in [0.15, 0.2) is 0 Å². The number of esters is 2. The number of carbonyl (C=O) groups excluding carboxylic acids is 2. The van der Waals surface area contributed by atoms with E-state index in [1.54, 1.807) is 0 Å². The molecule has 0 atom stereocenters. The highest BCUT2D eigenvalue weighted by molar-refractivity contribution is 8.79. The summed E-state index contributed by atoms with van der Waals surface area (Å²) < 4.78 is 4.34. The van der Waals surface area contributed by atoms with Gasteiger partial charge in [0, 0.05) is 5.75 Å². The van der Waals surface area contributed by atoms with Crippen LogP contribution in [0.3, 0.4) is 0 Å². The molecule has 0 bridgehead atoms. The molecule has 2 rings (SSSR count). The normalized spacial score (nSPS) is 23.6. The van der Waals surface area contributed by atoms with Crippen molar-refractivity contribution in [2.45, 2.75) is 0 Å². The molecule has 52 valence electrons. The maximum absolute atomic E-state index is 10.7. The van der Waals surface area contributed by atoms with Crippen LogP contribution in [0.2, 0.25) is 0 Å². The molecule has 0 spiro atoms. The van der Waals surface area contributed by atoms with Gasteiger partial charge in [-0.1, -0.05) is 10.8 Å². The fraction of sp³-hybridized carbons (Fsp3) is 0.200. The van der Waals surface area contributed by atoms with E-state index in [1.807, 2.05) is 0 Å². The van der Waals surface area contributed by atoms with Gasteiger partial charge in [0.2, 0.25) is 0 Å². The Morgan fingerprint density at radius 3 is 2.80 bits per heavy atom. The van der Waals surface area contributed by atoms with Crippen LogP contribution in [-0.4, -0.2) is 17.7 Å². The molecule has 0 aliphatic carbocycles. The lowest BCUT2D eigenvalue weighted by molar-refractivity contribution is -0.150. The quantitative estimate of drug-likeness (QED) is 0.307. The van der Waals surface area contributed by atoms with Gasteiger partial charge in [0.1, 0.15) is 4.91 Å². The molecule has 5 heteroatoms. The van der Waals surface area contributed by atoms with Crippen LogP contribution in [0.15, 0.2) is 10.5 Å². The van der Waals surface area contributed by atoms with Gasteiger partial charge in [-0.05, 0) is 10.8 Å². The van der Waals surface area contributed by atoms with Crippen LogP contribution in [-0.2, 0) is 14.3 Å². The minimum absolute atomic E-state index is 0.461. The van der Waals surface area contributed by atoms with Crippen LogP contribution in [0.1, 0.15) is 0 Å². The maximum atomic E-state index is 10.7. The van der Waals surface area contributed by atoms with Crippen molar-refractivity contribution in [1.29, 1.82) is 0 Å². The third-order valence-electron chi connectivity index (χ3n) is 1.24. The van der Waals surface area contributed by atoms with Gasteiger partial charge in [-0.15, -0.1) is 0 Å².